The summed E-state index contributed by atoms with van der Waals surface area (Å²) in [5.74, 6) is 1.97. The summed E-state index contributed by atoms with van der Waals surface area (Å²) in [6.07, 6.45) is 0.241. The minimum Gasteiger partial charge on any atom is -0.493 e. The summed E-state index contributed by atoms with van der Waals surface area (Å²) < 4.78 is 12.7. The fourth-order valence-corrected chi connectivity index (χ4v) is 3.39. The van der Waals surface area contributed by atoms with E-state index in [1.165, 1.54) is 0 Å². The lowest BCUT2D eigenvalue weighted by Gasteiger charge is -2.17. The number of hydrogen-bond acceptors (Lipinski definition) is 4. The van der Waals surface area contributed by atoms with Gasteiger partial charge in [-0.3, -0.25) is 4.79 Å². The van der Waals surface area contributed by atoms with Crippen LogP contribution in [0, 0.1) is 0 Å². The van der Waals surface area contributed by atoms with Gasteiger partial charge in [-0.15, -0.1) is 0 Å². The second-order valence-electron chi connectivity index (χ2n) is 7.16. The number of hydrogen-bond donors (Lipinski definition) is 1. The Morgan fingerprint density at radius 2 is 1.90 bits per heavy atom. The maximum atomic E-state index is 12.7. The van der Waals surface area contributed by atoms with Gasteiger partial charge >= 0.3 is 0 Å². The Kier molecular flexibility index (Phi) is 6.22. The van der Waals surface area contributed by atoms with Gasteiger partial charge in [-0.25, -0.2) is 4.98 Å². The standard InChI is InChI=1S/C23H27N3O3/c1-15(2)14-26-19-9-7-6-8-18(19)25-23(26)16(3)24-22(27)13-17-10-11-20(28-4)21(12-17)29-5/h6-12,16H,1,13-14H2,2-5H3,(H,24,27). The summed E-state index contributed by atoms with van der Waals surface area (Å²) in [5.41, 5.74) is 3.82. The average molecular weight is 393 g/mol. The number of rotatable bonds is 8. The van der Waals surface area contributed by atoms with E-state index in [9.17, 15) is 4.79 Å². The van der Waals surface area contributed by atoms with Gasteiger partial charge in [0.25, 0.3) is 0 Å². The zero-order valence-electron chi connectivity index (χ0n) is 17.4. The molecule has 1 N–H and O–H groups in total. The maximum absolute atomic E-state index is 12.7. The highest BCUT2D eigenvalue weighted by atomic mass is 16.5. The summed E-state index contributed by atoms with van der Waals surface area (Å²) in [7, 11) is 3.17. The van der Waals surface area contributed by atoms with Crippen molar-refractivity contribution < 1.29 is 14.3 Å². The highest BCUT2D eigenvalue weighted by molar-refractivity contribution is 5.80. The minimum absolute atomic E-state index is 0.0846. The van der Waals surface area contributed by atoms with Crippen LogP contribution in [0.15, 0.2) is 54.6 Å². The quantitative estimate of drug-likeness (QED) is 0.587. The molecule has 0 saturated heterocycles. The third-order valence-corrected chi connectivity index (χ3v) is 4.69. The average Bonchev–Trinajstić information content (AvgIpc) is 3.06. The first-order valence-corrected chi connectivity index (χ1v) is 9.52. The van der Waals surface area contributed by atoms with E-state index in [-0.39, 0.29) is 18.4 Å². The number of nitrogens with zero attached hydrogens (tertiary/aromatic N) is 2. The van der Waals surface area contributed by atoms with Crippen molar-refractivity contribution in [1.82, 2.24) is 14.9 Å². The molecule has 2 aromatic carbocycles. The molecule has 1 heterocycles. The summed E-state index contributed by atoms with van der Waals surface area (Å²) in [6.45, 7) is 8.62. The Balaban J connectivity index is 1.78. The Labute approximate surface area is 171 Å². The van der Waals surface area contributed by atoms with Gasteiger partial charge in [0.2, 0.25) is 5.91 Å². The molecule has 0 aliphatic rings. The van der Waals surface area contributed by atoms with Gasteiger partial charge in [0.15, 0.2) is 11.5 Å². The first-order valence-electron chi connectivity index (χ1n) is 9.52. The number of carbonyl (C=O) groups is 1. The normalized spacial score (nSPS) is 11.9. The molecule has 0 spiro atoms. The van der Waals surface area contributed by atoms with Crippen molar-refractivity contribution >= 4 is 16.9 Å². The summed E-state index contributed by atoms with van der Waals surface area (Å²) in [4.78, 5) is 17.4. The van der Waals surface area contributed by atoms with E-state index < -0.39 is 0 Å². The Morgan fingerprint density at radius 1 is 1.17 bits per heavy atom. The van der Waals surface area contributed by atoms with E-state index in [4.69, 9.17) is 14.5 Å². The molecule has 1 unspecified atom stereocenters. The number of imidazole rings is 1. The molecule has 3 aromatic rings. The molecule has 1 amide bonds. The van der Waals surface area contributed by atoms with Crippen LogP contribution in [0.3, 0.4) is 0 Å². The monoisotopic (exact) mass is 393 g/mol. The predicted molar refractivity (Wildman–Crippen MR) is 114 cm³/mol. The molecule has 0 aliphatic heterocycles. The topological polar surface area (TPSA) is 65.4 Å². The number of allylic oxidation sites excluding steroid dienone is 1. The first kappa shape index (κ1) is 20.5. The number of ether oxygens (including phenoxy) is 2. The molecule has 1 atom stereocenters. The van der Waals surface area contributed by atoms with E-state index in [0.29, 0.717) is 18.0 Å². The molecule has 3 rings (SSSR count). The zero-order valence-corrected chi connectivity index (χ0v) is 17.4. The second kappa shape index (κ2) is 8.82. The van der Waals surface area contributed by atoms with E-state index >= 15 is 0 Å². The van der Waals surface area contributed by atoms with Crippen LogP contribution in [-0.4, -0.2) is 29.7 Å². The fraction of sp³-hybridized carbons (Fsp3) is 0.304. The number of carbonyl (C=O) groups excluding carboxylic acids is 1. The Morgan fingerprint density at radius 3 is 2.59 bits per heavy atom. The second-order valence-corrected chi connectivity index (χ2v) is 7.16. The molecule has 6 nitrogen and oxygen atoms in total. The number of para-hydroxylation sites is 2. The highest BCUT2D eigenvalue weighted by Crippen LogP contribution is 2.28. The number of aromatic nitrogens is 2. The number of fused-ring (bicyclic) bond motifs is 1. The van der Waals surface area contributed by atoms with Crippen LogP contribution in [0.25, 0.3) is 11.0 Å². The van der Waals surface area contributed by atoms with Crippen molar-refractivity contribution in [2.45, 2.75) is 32.9 Å². The molecule has 0 aliphatic carbocycles. The maximum Gasteiger partial charge on any atom is 0.224 e. The summed E-state index contributed by atoms with van der Waals surface area (Å²) in [6, 6.07) is 13.2. The van der Waals surface area contributed by atoms with Crippen LogP contribution in [0.4, 0.5) is 0 Å². The Bertz CT molecular complexity index is 1040. The van der Waals surface area contributed by atoms with Gasteiger partial charge in [-0.05, 0) is 43.7 Å². The number of benzene rings is 2. The molecular weight excluding hydrogens is 366 g/mol. The molecular formula is C23H27N3O3. The third kappa shape index (κ3) is 4.59. The SMILES string of the molecule is C=C(C)Cn1c(C(C)NC(=O)Cc2ccc(OC)c(OC)c2)nc2ccccc21. The molecule has 1 aromatic heterocycles. The summed E-state index contributed by atoms with van der Waals surface area (Å²) in [5, 5.41) is 3.06. The van der Waals surface area contributed by atoms with E-state index in [2.05, 4.69) is 16.5 Å². The van der Waals surface area contributed by atoms with Crippen LogP contribution in [0.1, 0.15) is 31.3 Å². The highest BCUT2D eigenvalue weighted by Gasteiger charge is 2.19. The largest absolute Gasteiger partial charge is 0.493 e. The van der Waals surface area contributed by atoms with Crippen LogP contribution >= 0.6 is 0 Å². The number of methoxy groups -OCH3 is 2. The van der Waals surface area contributed by atoms with Gasteiger partial charge in [-0.2, -0.15) is 0 Å². The van der Waals surface area contributed by atoms with Crippen molar-refractivity contribution in [3.63, 3.8) is 0 Å². The molecule has 0 saturated carbocycles. The molecule has 0 bridgehead atoms. The van der Waals surface area contributed by atoms with Crippen LogP contribution in [0.2, 0.25) is 0 Å². The third-order valence-electron chi connectivity index (χ3n) is 4.69. The minimum atomic E-state index is -0.241. The van der Waals surface area contributed by atoms with Crippen molar-refractivity contribution in [2.75, 3.05) is 14.2 Å². The van der Waals surface area contributed by atoms with E-state index in [1.54, 1.807) is 20.3 Å². The molecule has 0 radical (unpaired) electrons. The number of nitrogens with one attached hydrogen (secondary N) is 1. The lowest BCUT2D eigenvalue weighted by molar-refractivity contribution is -0.121. The van der Waals surface area contributed by atoms with Gasteiger partial charge in [0, 0.05) is 6.54 Å². The van der Waals surface area contributed by atoms with Gasteiger partial charge in [-0.1, -0.05) is 30.4 Å². The fourth-order valence-electron chi connectivity index (χ4n) is 3.39. The van der Waals surface area contributed by atoms with Crippen molar-refractivity contribution in [3.8, 4) is 11.5 Å². The Hall–Kier alpha value is -3.28. The van der Waals surface area contributed by atoms with Crippen molar-refractivity contribution in [2.24, 2.45) is 0 Å². The van der Waals surface area contributed by atoms with Crippen molar-refractivity contribution in [1.29, 1.82) is 0 Å². The smallest absolute Gasteiger partial charge is 0.224 e. The van der Waals surface area contributed by atoms with Gasteiger partial charge in [0.05, 0.1) is 37.7 Å². The molecule has 152 valence electrons. The number of amides is 1. The summed E-state index contributed by atoms with van der Waals surface area (Å²) >= 11 is 0. The molecule has 6 heteroatoms. The molecule has 29 heavy (non-hydrogen) atoms. The lowest BCUT2D eigenvalue weighted by Crippen LogP contribution is -2.30. The first-order chi connectivity index (χ1) is 13.9. The van der Waals surface area contributed by atoms with Crippen molar-refractivity contribution in [3.05, 3.63) is 66.0 Å². The van der Waals surface area contributed by atoms with Crippen LogP contribution in [-0.2, 0) is 17.8 Å². The predicted octanol–water partition coefficient (Wildman–Crippen LogP) is 4.05. The van der Waals surface area contributed by atoms with E-state index in [1.807, 2.05) is 50.2 Å². The van der Waals surface area contributed by atoms with Crippen LogP contribution < -0.4 is 14.8 Å². The zero-order chi connectivity index (χ0) is 21.0. The van der Waals surface area contributed by atoms with Crippen LogP contribution in [0.5, 0.6) is 11.5 Å². The van der Waals surface area contributed by atoms with Gasteiger partial charge in [0.1, 0.15) is 5.82 Å². The van der Waals surface area contributed by atoms with Gasteiger partial charge < -0.3 is 19.4 Å². The molecule has 0 fully saturated rings. The lowest BCUT2D eigenvalue weighted by atomic mass is 10.1. The van der Waals surface area contributed by atoms with E-state index in [0.717, 1.165) is 28.0 Å².